The summed E-state index contributed by atoms with van der Waals surface area (Å²) in [6.07, 6.45) is 8.16. The third kappa shape index (κ3) is 2.77. The van der Waals surface area contributed by atoms with Gasteiger partial charge < -0.3 is 5.32 Å². The molecule has 0 atom stereocenters. The van der Waals surface area contributed by atoms with Crippen LogP contribution in [0.15, 0.2) is 30.3 Å². The van der Waals surface area contributed by atoms with E-state index in [4.69, 9.17) is 0 Å². The van der Waals surface area contributed by atoms with E-state index in [1.165, 1.54) is 24.8 Å². The molecule has 1 aromatic carbocycles. The molecule has 2 aliphatic rings. The first-order chi connectivity index (χ1) is 10.5. The molecule has 0 aromatic heterocycles. The molecule has 1 N–H and O–H groups in total. The summed E-state index contributed by atoms with van der Waals surface area (Å²) < 4.78 is 0. The van der Waals surface area contributed by atoms with Crippen LogP contribution in [-0.2, 0) is 0 Å². The zero-order chi connectivity index (χ0) is 15.7. The van der Waals surface area contributed by atoms with Gasteiger partial charge in [-0.3, -0.25) is 4.90 Å². The van der Waals surface area contributed by atoms with Gasteiger partial charge in [-0.25, -0.2) is 4.79 Å². The second kappa shape index (κ2) is 5.79. The van der Waals surface area contributed by atoms with Crippen LogP contribution < -0.4 is 10.2 Å². The van der Waals surface area contributed by atoms with Crippen molar-refractivity contribution in [1.29, 1.82) is 0 Å². The highest BCUT2D eigenvalue weighted by Crippen LogP contribution is 2.38. The van der Waals surface area contributed by atoms with Crippen molar-refractivity contribution in [3.63, 3.8) is 0 Å². The van der Waals surface area contributed by atoms with Crippen molar-refractivity contribution in [2.75, 3.05) is 4.90 Å². The number of carbonyl (C=O) groups excluding carboxylic acids is 1. The number of anilines is 1. The maximum absolute atomic E-state index is 12.9. The number of amides is 2. The number of benzene rings is 1. The number of allylic oxidation sites excluding steroid dienone is 1. The Morgan fingerprint density at radius 1 is 1.18 bits per heavy atom. The quantitative estimate of drug-likeness (QED) is 0.798. The van der Waals surface area contributed by atoms with Crippen LogP contribution in [0.1, 0.15) is 58.4 Å². The van der Waals surface area contributed by atoms with E-state index in [1.54, 1.807) is 0 Å². The Hall–Kier alpha value is -1.77. The summed E-state index contributed by atoms with van der Waals surface area (Å²) in [5.74, 6) is 0. The van der Waals surface area contributed by atoms with Crippen LogP contribution >= 0.6 is 0 Å². The Balaban J connectivity index is 1.89. The average molecular weight is 298 g/mol. The van der Waals surface area contributed by atoms with Crippen LogP contribution in [0.25, 0.3) is 5.57 Å². The molecule has 0 saturated heterocycles. The van der Waals surface area contributed by atoms with E-state index in [-0.39, 0.29) is 11.6 Å². The van der Waals surface area contributed by atoms with Crippen LogP contribution in [0.3, 0.4) is 0 Å². The van der Waals surface area contributed by atoms with Crippen LogP contribution in [0.2, 0.25) is 0 Å². The number of para-hydroxylation sites is 1. The van der Waals surface area contributed by atoms with Crippen molar-refractivity contribution in [3.8, 4) is 0 Å². The zero-order valence-corrected chi connectivity index (χ0v) is 13.9. The number of nitrogens with zero attached hydrogens (tertiary/aromatic N) is 1. The molecule has 1 saturated carbocycles. The minimum atomic E-state index is -0.308. The minimum absolute atomic E-state index is 0.0353. The fraction of sp³-hybridized carbons (Fsp3) is 0.526. The summed E-state index contributed by atoms with van der Waals surface area (Å²) in [5, 5.41) is 3.26. The molecule has 1 aliphatic carbocycles. The molecule has 0 radical (unpaired) electrons. The number of hydrogen-bond donors (Lipinski definition) is 1. The summed E-state index contributed by atoms with van der Waals surface area (Å²) in [6, 6.07) is 8.55. The van der Waals surface area contributed by atoms with E-state index in [0.29, 0.717) is 6.04 Å². The first-order valence-electron chi connectivity index (χ1n) is 8.38. The Labute approximate surface area is 133 Å². The minimum Gasteiger partial charge on any atom is -0.335 e. The molecule has 1 aromatic rings. The van der Waals surface area contributed by atoms with Crippen LogP contribution in [-0.4, -0.2) is 17.6 Å². The van der Waals surface area contributed by atoms with Gasteiger partial charge in [-0.15, -0.1) is 0 Å². The molecule has 1 aliphatic heterocycles. The second-order valence-electron chi connectivity index (χ2n) is 7.12. The summed E-state index contributed by atoms with van der Waals surface area (Å²) in [5.41, 5.74) is 3.10. The molecule has 118 valence electrons. The predicted molar refractivity (Wildman–Crippen MR) is 92.1 cm³/mol. The Morgan fingerprint density at radius 3 is 2.59 bits per heavy atom. The van der Waals surface area contributed by atoms with Crippen molar-refractivity contribution in [1.82, 2.24) is 5.32 Å². The lowest BCUT2D eigenvalue weighted by Crippen LogP contribution is -2.55. The van der Waals surface area contributed by atoms with Gasteiger partial charge in [0.1, 0.15) is 0 Å². The molecule has 1 heterocycles. The predicted octanol–water partition coefficient (Wildman–Crippen LogP) is 4.73. The van der Waals surface area contributed by atoms with Gasteiger partial charge in [-0.05, 0) is 45.3 Å². The first kappa shape index (κ1) is 15.1. The number of fused-ring (bicyclic) bond motifs is 1. The van der Waals surface area contributed by atoms with E-state index >= 15 is 0 Å². The highest BCUT2D eigenvalue weighted by molar-refractivity contribution is 5.99. The molecular formula is C19H26N2O. The molecule has 1 fully saturated rings. The highest BCUT2D eigenvalue weighted by atomic mass is 16.2. The van der Waals surface area contributed by atoms with Crippen LogP contribution in [0, 0.1) is 0 Å². The Morgan fingerprint density at radius 2 is 1.86 bits per heavy atom. The van der Waals surface area contributed by atoms with E-state index in [0.717, 1.165) is 24.1 Å². The molecule has 3 heteroatoms. The standard InChI is InChI=1S/C19H26N2O/c1-14-13-19(2,3)21(17-12-8-7-11-16(14)17)18(22)20-15-9-5-4-6-10-15/h7-8,11-13,15H,4-6,9-10H2,1-3H3,(H,20,22). The first-order valence-corrected chi connectivity index (χ1v) is 8.38. The third-order valence-corrected chi connectivity index (χ3v) is 4.85. The molecular weight excluding hydrogens is 272 g/mol. The summed E-state index contributed by atoms with van der Waals surface area (Å²) in [4.78, 5) is 14.9. The van der Waals surface area contributed by atoms with Crippen molar-refractivity contribution in [2.45, 2.75) is 64.5 Å². The lowest BCUT2D eigenvalue weighted by molar-refractivity contribution is 0.234. The molecule has 22 heavy (non-hydrogen) atoms. The maximum atomic E-state index is 12.9. The zero-order valence-electron chi connectivity index (χ0n) is 13.9. The average Bonchev–Trinajstić information content (AvgIpc) is 2.47. The molecule has 0 spiro atoms. The summed E-state index contributed by atoms with van der Waals surface area (Å²) >= 11 is 0. The monoisotopic (exact) mass is 298 g/mol. The second-order valence-corrected chi connectivity index (χ2v) is 7.12. The molecule has 3 nitrogen and oxygen atoms in total. The van der Waals surface area contributed by atoms with Crippen LogP contribution in [0.5, 0.6) is 0 Å². The van der Waals surface area contributed by atoms with Gasteiger partial charge in [0.25, 0.3) is 0 Å². The van der Waals surface area contributed by atoms with Crippen molar-refractivity contribution in [2.24, 2.45) is 0 Å². The van der Waals surface area contributed by atoms with E-state index in [2.05, 4.69) is 38.2 Å². The van der Waals surface area contributed by atoms with Gasteiger partial charge in [-0.1, -0.05) is 43.5 Å². The van der Waals surface area contributed by atoms with E-state index in [9.17, 15) is 4.79 Å². The normalized spacial score (nSPS) is 21.0. The fourth-order valence-corrected chi connectivity index (χ4v) is 3.84. The number of urea groups is 1. The van der Waals surface area contributed by atoms with Gasteiger partial charge in [0, 0.05) is 11.6 Å². The smallest absolute Gasteiger partial charge is 0.322 e. The number of rotatable bonds is 1. The Kier molecular flexibility index (Phi) is 3.98. The number of carbonyl (C=O) groups is 1. The fourth-order valence-electron chi connectivity index (χ4n) is 3.84. The molecule has 0 bridgehead atoms. The van der Waals surface area contributed by atoms with Crippen molar-refractivity contribution >= 4 is 17.3 Å². The summed E-state index contributed by atoms with van der Waals surface area (Å²) in [6.45, 7) is 6.33. The van der Waals surface area contributed by atoms with E-state index < -0.39 is 0 Å². The SMILES string of the molecule is CC1=CC(C)(C)N(C(=O)NC2CCCCC2)c2ccccc21. The lowest BCUT2D eigenvalue weighted by atomic mass is 9.89. The van der Waals surface area contributed by atoms with Gasteiger partial charge >= 0.3 is 6.03 Å². The van der Waals surface area contributed by atoms with Gasteiger partial charge in [0.05, 0.1) is 11.2 Å². The van der Waals surface area contributed by atoms with Crippen molar-refractivity contribution in [3.05, 3.63) is 35.9 Å². The summed E-state index contributed by atoms with van der Waals surface area (Å²) in [7, 11) is 0. The maximum Gasteiger partial charge on any atom is 0.322 e. The third-order valence-electron chi connectivity index (χ3n) is 4.85. The lowest BCUT2D eigenvalue weighted by Gasteiger charge is -2.42. The molecule has 0 unspecified atom stereocenters. The molecule has 3 rings (SSSR count). The Bertz CT molecular complexity index is 597. The van der Waals surface area contributed by atoms with Gasteiger partial charge in [0.2, 0.25) is 0 Å². The highest BCUT2D eigenvalue weighted by Gasteiger charge is 2.36. The van der Waals surface area contributed by atoms with Gasteiger partial charge in [-0.2, -0.15) is 0 Å². The molecule has 2 amide bonds. The van der Waals surface area contributed by atoms with Crippen molar-refractivity contribution < 1.29 is 4.79 Å². The topological polar surface area (TPSA) is 32.3 Å². The van der Waals surface area contributed by atoms with Crippen LogP contribution in [0.4, 0.5) is 10.5 Å². The number of hydrogen-bond acceptors (Lipinski definition) is 1. The number of nitrogens with one attached hydrogen (secondary N) is 1. The van der Waals surface area contributed by atoms with E-state index in [1.807, 2.05) is 23.1 Å². The largest absolute Gasteiger partial charge is 0.335 e. The van der Waals surface area contributed by atoms with Gasteiger partial charge in [0.15, 0.2) is 0 Å².